The van der Waals surface area contributed by atoms with Crippen LogP contribution in [0.3, 0.4) is 0 Å². The Kier molecular flexibility index (Phi) is 4.68. The topological polar surface area (TPSA) is 75.4 Å². The Morgan fingerprint density at radius 1 is 1.30 bits per heavy atom. The summed E-state index contributed by atoms with van der Waals surface area (Å²) in [7, 11) is 0. The quantitative estimate of drug-likeness (QED) is 0.866. The summed E-state index contributed by atoms with van der Waals surface area (Å²) in [6.45, 7) is 0.801. The number of benzene rings is 1. The molecule has 1 saturated heterocycles. The lowest BCUT2D eigenvalue weighted by molar-refractivity contribution is -0.126. The Morgan fingerprint density at radius 2 is 2.00 bits per heavy atom. The van der Waals surface area contributed by atoms with Gasteiger partial charge in [-0.15, -0.1) is 0 Å². The monoisotopic (exact) mass is 279 g/mol. The Hall–Kier alpha value is -1.95. The predicted octanol–water partition coefficient (Wildman–Crippen LogP) is 1.10. The predicted molar refractivity (Wildman–Crippen MR) is 73.4 cm³/mol. The number of halogens is 1. The van der Waals surface area contributed by atoms with Crippen LogP contribution in [0.1, 0.15) is 19.3 Å². The number of piperidine rings is 1. The largest absolute Gasteiger partial charge is 0.368 e. The van der Waals surface area contributed by atoms with Gasteiger partial charge in [0.2, 0.25) is 11.8 Å². The maximum Gasteiger partial charge on any atom is 0.238 e. The van der Waals surface area contributed by atoms with Crippen molar-refractivity contribution in [2.75, 3.05) is 18.4 Å². The number of nitrogens with zero attached hydrogens (tertiary/aromatic N) is 1. The van der Waals surface area contributed by atoms with Gasteiger partial charge in [-0.1, -0.05) is 6.42 Å². The van der Waals surface area contributed by atoms with Crippen LogP contribution in [0, 0.1) is 5.82 Å². The maximum atomic E-state index is 12.8. The van der Waals surface area contributed by atoms with E-state index in [2.05, 4.69) is 5.32 Å². The third kappa shape index (κ3) is 3.77. The standard InChI is InChI=1S/C14H18FN3O2/c15-10-4-6-11(7-5-10)17-13(19)9-18-8-2-1-3-12(18)14(16)20/h4-7,12H,1-3,8-9H2,(H2,16,20)(H,17,19)/t12-/m1/s1. The molecule has 1 aliphatic rings. The van der Waals surface area contributed by atoms with Gasteiger partial charge in [-0.25, -0.2) is 4.39 Å². The molecule has 0 saturated carbocycles. The van der Waals surface area contributed by atoms with E-state index in [-0.39, 0.29) is 30.2 Å². The Morgan fingerprint density at radius 3 is 2.65 bits per heavy atom. The molecule has 3 N–H and O–H groups in total. The number of nitrogens with one attached hydrogen (secondary N) is 1. The summed E-state index contributed by atoms with van der Waals surface area (Å²) in [5, 5.41) is 2.68. The molecule has 6 heteroatoms. The fourth-order valence-electron chi connectivity index (χ4n) is 2.42. The van der Waals surface area contributed by atoms with Crippen LogP contribution < -0.4 is 11.1 Å². The minimum atomic E-state index is -0.390. The van der Waals surface area contributed by atoms with Crippen LogP contribution in [-0.4, -0.2) is 35.8 Å². The van der Waals surface area contributed by atoms with Gasteiger partial charge in [0.25, 0.3) is 0 Å². The first-order valence-electron chi connectivity index (χ1n) is 6.65. The molecule has 2 rings (SSSR count). The molecule has 2 amide bonds. The zero-order chi connectivity index (χ0) is 14.5. The average molecular weight is 279 g/mol. The van der Waals surface area contributed by atoms with E-state index < -0.39 is 0 Å². The van der Waals surface area contributed by atoms with Crippen molar-refractivity contribution in [2.45, 2.75) is 25.3 Å². The van der Waals surface area contributed by atoms with Crippen LogP contribution in [-0.2, 0) is 9.59 Å². The second-order valence-corrected chi connectivity index (χ2v) is 4.94. The van der Waals surface area contributed by atoms with Crippen molar-refractivity contribution in [3.63, 3.8) is 0 Å². The van der Waals surface area contributed by atoms with E-state index in [0.717, 1.165) is 12.8 Å². The van der Waals surface area contributed by atoms with Crippen LogP contribution in [0.25, 0.3) is 0 Å². The fourth-order valence-corrected chi connectivity index (χ4v) is 2.42. The van der Waals surface area contributed by atoms with Gasteiger partial charge < -0.3 is 11.1 Å². The summed E-state index contributed by atoms with van der Waals surface area (Å²) in [5.74, 6) is -0.975. The first-order valence-corrected chi connectivity index (χ1v) is 6.65. The number of likely N-dealkylation sites (tertiary alicyclic amines) is 1. The lowest BCUT2D eigenvalue weighted by Crippen LogP contribution is -2.50. The fraction of sp³-hybridized carbons (Fsp3) is 0.429. The van der Waals surface area contributed by atoms with E-state index in [1.165, 1.54) is 24.3 Å². The van der Waals surface area contributed by atoms with Gasteiger partial charge in [-0.2, -0.15) is 0 Å². The van der Waals surface area contributed by atoms with Crippen LogP contribution in [0.5, 0.6) is 0 Å². The molecule has 0 radical (unpaired) electrons. The van der Waals surface area contributed by atoms with Gasteiger partial charge in [0.15, 0.2) is 0 Å². The van der Waals surface area contributed by atoms with Crippen molar-refractivity contribution in [2.24, 2.45) is 5.73 Å². The third-order valence-electron chi connectivity index (χ3n) is 3.42. The minimum absolute atomic E-state index is 0.116. The molecule has 0 aromatic heterocycles. The van der Waals surface area contributed by atoms with Gasteiger partial charge in [-0.3, -0.25) is 14.5 Å². The summed E-state index contributed by atoms with van der Waals surface area (Å²) >= 11 is 0. The number of hydrogen-bond donors (Lipinski definition) is 2. The number of carbonyl (C=O) groups is 2. The lowest BCUT2D eigenvalue weighted by atomic mass is 10.0. The van der Waals surface area contributed by atoms with Gasteiger partial charge in [-0.05, 0) is 43.7 Å². The zero-order valence-electron chi connectivity index (χ0n) is 11.1. The van der Waals surface area contributed by atoms with Gasteiger partial charge >= 0.3 is 0 Å². The molecule has 1 aromatic carbocycles. The van der Waals surface area contributed by atoms with E-state index in [1.807, 2.05) is 0 Å². The van der Waals surface area contributed by atoms with E-state index in [4.69, 9.17) is 5.73 Å². The molecule has 1 atom stereocenters. The highest BCUT2D eigenvalue weighted by atomic mass is 19.1. The van der Waals surface area contributed by atoms with Crippen molar-refractivity contribution in [3.05, 3.63) is 30.1 Å². The zero-order valence-corrected chi connectivity index (χ0v) is 11.1. The molecule has 5 nitrogen and oxygen atoms in total. The SMILES string of the molecule is NC(=O)[C@H]1CCCCN1CC(=O)Nc1ccc(F)cc1. The van der Waals surface area contributed by atoms with Crippen molar-refractivity contribution in [1.82, 2.24) is 4.90 Å². The maximum absolute atomic E-state index is 12.8. The highest BCUT2D eigenvalue weighted by Crippen LogP contribution is 2.16. The normalized spacial score (nSPS) is 19.6. The molecule has 0 spiro atoms. The number of rotatable bonds is 4. The summed E-state index contributed by atoms with van der Waals surface area (Å²) < 4.78 is 12.8. The van der Waals surface area contributed by atoms with E-state index >= 15 is 0 Å². The molecule has 0 bridgehead atoms. The van der Waals surface area contributed by atoms with Crippen molar-refractivity contribution < 1.29 is 14.0 Å². The summed E-state index contributed by atoms with van der Waals surface area (Å²) in [5.41, 5.74) is 5.88. The number of amides is 2. The second kappa shape index (κ2) is 6.47. The third-order valence-corrected chi connectivity index (χ3v) is 3.42. The van der Waals surface area contributed by atoms with Crippen molar-refractivity contribution in [3.8, 4) is 0 Å². The Bertz CT molecular complexity index is 490. The Labute approximate surface area is 116 Å². The number of primary amides is 1. The van der Waals surface area contributed by atoms with E-state index in [1.54, 1.807) is 4.90 Å². The van der Waals surface area contributed by atoms with Gasteiger partial charge in [0, 0.05) is 5.69 Å². The Balaban J connectivity index is 1.92. The van der Waals surface area contributed by atoms with Crippen LogP contribution >= 0.6 is 0 Å². The smallest absolute Gasteiger partial charge is 0.238 e. The lowest BCUT2D eigenvalue weighted by Gasteiger charge is -2.32. The van der Waals surface area contributed by atoms with Crippen LogP contribution in [0.4, 0.5) is 10.1 Å². The number of anilines is 1. The van der Waals surface area contributed by atoms with Crippen LogP contribution in [0.2, 0.25) is 0 Å². The van der Waals surface area contributed by atoms with E-state index in [0.29, 0.717) is 18.7 Å². The molecule has 108 valence electrons. The number of carbonyl (C=O) groups excluding carboxylic acids is 2. The molecule has 1 heterocycles. The minimum Gasteiger partial charge on any atom is -0.368 e. The first-order chi connectivity index (χ1) is 9.56. The molecule has 1 fully saturated rings. The van der Waals surface area contributed by atoms with Crippen molar-refractivity contribution >= 4 is 17.5 Å². The van der Waals surface area contributed by atoms with Crippen molar-refractivity contribution in [1.29, 1.82) is 0 Å². The first kappa shape index (κ1) is 14.5. The second-order valence-electron chi connectivity index (χ2n) is 4.94. The molecular formula is C14H18FN3O2. The summed E-state index contributed by atoms with van der Waals surface area (Å²) in [6.07, 6.45) is 2.59. The number of nitrogens with two attached hydrogens (primary N) is 1. The highest BCUT2D eigenvalue weighted by Gasteiger charge is 2.28. The van der Waals surface area contributed by atoms with Gasteiger partial charge in [0.05, 0.1) is 12.6 Å². The summed E-state index contributed by atoms with van der Waals surface area (Å²) in [6, 6.07) is 5.18. The highest BCUT2D eigenvalue weighted by molar-refractivity contribution is 5.92. The molecule has 1 aromatic rings. The van der Waals surface area contributed by atoms with Crippen LogP contribution in [0.15, 0.2) is 24.3 Å². The van der Waals surface area contributed by atoms with E-state index in [9.17, 15) is 14.0 Å². The molecular weight excluding hydrogens is 261 g/mol. The molecule has 0 aliphatic carbocycles. The molecule has 20 heavy (non-hydrogen) atoms. The average Bonchev–Trinajstić information content (AvgIpc) is 2.41. The molecule has 0 unspecified atom stereocenters. The number of hydrogen-bond acceptors (Lipinski definition) is 3. The molecule has 1 aliphatic heterocycles. The summed E-state index contributed by atoms with van der Waals surface area (Å²) in [4.78, 5) is 25.1. The van der Waals surface area contributed by atoms with Gasteiger partial charge in [0.1, 0.15) is 5.82 Å².